The van der Waals surface area contributed by atoms with Crippen LogP contribution in [0.2, 0.25) is 4.47 Å². The number of halogens is 1. The second-order valence-electron chi connectivity index (χ2n) is 4.47. The van der Waals surface area contributed by atoms with Gasteiger partial charge in [-0.3, -0.25) is 4.90 Å². The second kappa shape index (κ2) is 4.00. The van der Waals surface area contributed by atoms with Crippen molar-refractivity contribution in [3.8, 4) is 0 Å². The molecule has 1 aromatic heterocycles. The number of likely N-dealkylation sites (tertiary alicyclic amines) is 1. The molecule has 3 nitrogen and oxygen atoms in total. The molecule has 5 heteroatoms. The van der Waals surface area contributed by atoms with Crippen molar-refractivity contribution in [3.05, 3.63) is 9.47 Å². The van der Waals surface area contributed by atoms with Crippen molar-refractivity contribution in [1.82, 2.24) is 15.1 Å². The quantitative estimate of drug-likeness (QED) is 0.800. The topological polar surface area (TPSA) is 29.0 Å². The Hall–Kier alpha value is -0.190. The smallest absolute Gasteiger partial charge is 0.207 e. The molecule has 0 bridgehead atoms. The van der Waals surface area contributed by atoms with Crippen LogP contribution in [0.25, 0.3) is 0 Å². The van der Waals surface area contributed by atoms with Gasteiger partial charge in [-0.1, -0.05) is 17.8 Å². The monoisotopic (exact) mass is 243 g/mol. The number of aromatic nitrogens is 2. The number of nitrogens with zero attached hydrogens (tertiary/aromatic N) is 3. The van der Waals surface area contributed by atoms with Crippen LogP contribution in [0, 0.1) is 5.92 Å². The summed E-state index contributed by atoms with van der Waals surface area (Å²) in [6, 6.07) is 0.813. The molecule has 2 heterocycles. The largest absolute Gasteiger partial charge is 0.293 e. The molecule has 1 aliphatic carbocycles. The molecule has 1 saturated heterocycles. The Kier molecular flexibility index (Phi) is 2.66. The summed E-state index contributed by atoms with van der Waals surface area (Å²) in [5, 5.41) is 9.00. The average molecular weight is 244 g/mol. The third-order valence-electron chi connectivity index (χ3n) is 3.66. The van der Waals surface area contributed by atoms with E-state index in [9.17, 15) is 0 Å². The first-order chi connectivity index (χ1) is 7.33. The summed E-state index contributed by atoms with van der Waals surface area (Å²) < 4.78 is 0.562. The number of fused-ring (bicyclic) bond motifs is 1. The van der Waals surface area contributed by atoms with Gasteiger partial charge in [0.25, 0.3) is 0 Å². The maximum absolute atomic E-state index is 5.78. The highest BCUT2D eigenvalue weighted by Crippen LogP contribution is 2.38. The first kappa shape index (κ1) is 10.00. The number of hydrogen-bond donors (Lipinski definition) is 0. The Labute approximate surface area is 98.5 Å². The highest BCUT2D eigenvalue weighted by Gasteiger charge is 2.37. The van der Waals surface area contributed by atoms with E-state index in [-0.39, 0.29) is 0 Å². The molecule has 1 aromatic rings. The normalized spacial score (nSPS) is 31.0. The molecule has 0 amide bonds. The van der Waals surface area contributed by atoms with Crippen LogP contribution in [-0.2, 0) is 6.54 Å². The van der Waals surface area contributed by atoms with Gasteiger partial charge in [0.05, 0.1) is 6.54 Å². The van der Waals surface area contributed by atoms with E-state index in [1.54, 1.807) is 0 Å². The second-order valence-corrected chi connectivity index (χ2v) is 6.11. The minimum atomic E-state index is 0.562. The predicted molar refractivity (Wildman–Crippen MR) is 61.1 cm³/mol. The highest BCUT2D eigenvalue weighted by molar-refractivity contribution is 7.15. The van der Waals surface area contributed by atoms with E-state index in [2.05, 4.69) is 15.1 Å². The molecule has 3 rings (SSSR count). The van der Waals surface area contributed by atoms with Crippen molar-refractivity contribution < 1.29 is 0 Å². The minimum absolute atomic E-state index is 0.562. The maximum atomic E-state index is 5.78. The fourth-order valence-electron chi connectivity index (χ4n) is 3.00. The molecular weight excluding hydrogens is 230 g/mol. The van der Waals surface area contributed by atoms with Gasteiger partial charge < -0.3 is 0 Å². The van der Waals surface area contributed by atoms with Crippen LogP contribution in [0.5, 0.6) is 0 Å². The zero-order chi connectivity index (χ0) is 10.3. The van der Waals surface area contributed by atoms with E-state index >= 15 is 0 Å². The molecule has 1 aliphatic heterocycles. The van der Waals surface area contributed by atoms with Gasteiger partial charge in [-0.05, 0) is 43.3 Å². The van der Waals surface area contributed by atoms with Crippen LogP contribution in [-0.4, -0.2) is 27.7 Å². The van der Waals surface area contributed by atoms with Gasteiger partial charge in [0.2, 0.25) is 4.47 Å². The summed E-state index contributed by atoms with van der Waals surface area (Å²) in [6.45, 7) is 2.18. The molecule has 0 N–H and O–H groups in total. The van der Waals surface area contributed by atoms with Gasteiger partial charge in [-0.25, -0.2) is 0 Å². The van der Waals surface area contributed by atoms with E-state index in [1.165, 1.54) is 43.6 Å². The molecule has 15 heavy (non-hydrogen) atoms. The van der Waals surface area contributed by atoms with Gasteiger partial charge in [0, 0.05) is 6.04 Å². The Morgan fingerprint density at radius 1 is 1.33 bits per heavy atom. The van der Waals surface area contributed by atoms with Crippen molar-refractivity contribution in [3.63, 3.8) is 0 Å². The molecule has 2 fully saturated rings. The summed E-state index contributed by atoms with van der Waals surface area (Å²) in [5.41, 5.74) is 0. The van der Waals surface area contributed by atoms with Gasteiger partial charge in [-0.15, -0.1) is 10.2 Å². The third kappa shape index (κ3) is 1.90. The summed E-state index contributed by atoms with van der Waals surface area (Å²) in [4.78, 5) is 2.56. The molecule has 0 spiro atoms. The zero-order valence-electron chi connectivity index (χ0n) is 8.53. The Balaban J connectivity index is 1.68. The fraction of sp³-hybridized carbons (Fsp3) is 0.800. The lowest BCUT2D eigenvalue weighted by molar-refractivity contribution is 0.232. The molecule has 1 saturated carbocycles. The number of rotatable bonds is 2. The van der Waals surface area contributed by atoms with E-state index in [0.29, 0.717) is 4.47 Å². The van der Waals surface area contributed by atoms with Crippen LogP contribution < -0.4 is 0 Å². The molecule has 0 aromatic carbocycles. The maximum Gasteiger partial charge on any atom is 0.207 e. The standard InChI is InChI=1S/C10H14ClN3S/c11-10-13-12-9(15-10)6-14-5-4-7-2-1-3-8(7)14/h7-8H,1-6H2. The lowest BCUT2D eigenvalue weighted by atomic mass is 10.1. The zero-order valence-corrected chi connectivity index (χ0v) is 10.1. The Bertz CT molecular complexity index is 354. The van der Waals surface area contributed by atoms with Crippen molar-refractivity contribution in [2.45, 2.75) is 38.3 Å². The fourth-order valence-corrected chi connectivity index (χ4v) is 3.89. The van der Waals surface area contributed by atoms with E-state index in [1.807, 2.05) is 0 Å². The molecule has 2 aliphatic rings. The lowest BCUT2D eigenvalue weighted by Gasteiger charge is -2.21. The highest BCUT2D eigenvalue weighted by atomic mass is 35.5. The molecule has 2 unspecified atom stereocenters. The summed E-state index contributed by atoms with van der Waals surface area (Å²) in [5.74, 6) is 0.952. The molecule has 2 atom stereocenters. The predicted octanol–water partition coefficient (Wildman–Crippen LogP) is 2.57. The van der Waals surface area contributed by atoms with Crippen molar-refractivity contribution in [1.29, 1.82) is 0 Å². The van der Waals surface area contributed by atoms with E-state index < -0.39 is 0 Å². The van der Waals surface area contributed by atoms with Crippen molar-refractivity contribution in [2.75, 3.05) is 6.54 Å². The summed E-state index contributed by atoms with van der Waals surface area (Å²) in [7, 11) is 0. The number of hydrogen-bond acceptors (Lipinski definition) is 4. The Morgan fingerprint density at radius 2 is 2.27 bits per heavy atom. The first-order valence-electron chi connectivity index (χ1n) is 5.55. The van der Waals surface area contributed by atoms with Crippen LogP contribution in [0.3, 0.4) is 0 Å². The van der Waals surface area contributed by atoms with Crippen molar-refractivity contribution in [2.24, 2.45) is 5.92 Å². The SMILES string of the molecule is Clc1nnc(CN2CCC3CCCC32)s1. The minimum Gasteiger partial charge on any atom is -0.293 e. The first-order valence-corrected chi connectivity index (χ1v) is 6.74. The molecule has 0 radical (unpaired) electrons. The van der Waals surface area contributed by atoms with Crippen LogP contribution in [0.4, 0.5) is 0 Å². The Morgan fingerprint density at radius 3 is 3.07 bits per heavy atom. The van der Waals surface area contributed by atoms with Crippen molar-refractivity contribution >= 4 is 22.9 Å². The van der Waals surface area contributed by atoms with Gasteiger partial charge >= 0.3 is 0 Å². The average Bonchev–Trinajstić information content (AvgIpc) is 2.85. The van der Waals surface area contributed by atoms with E-state index in [0.717, 1.165) is 23.5 Å². The summed E-state index contributed by atoms with van der Waals surface area (Å²) in [6.07, 6.45) is 5.58. The summed E-state index contributed by atoms with van der Waals surface area (Å²) >= 11 is 7.29. The van der Waals surface area contributed by atoms with Crippen LogP contribution in [0.1, 0.15) is 30.7 Å². The molecular formula is C10H14ClN3S. The van der Waals surface area contributed by atoms with Crippen LogP contribution in [0.15, 0.2) is 0 Å². The molecule has 82 valence electrons. The van der Waals surface area contributed by atoms with Gasteiger partial charge in [0.1, 0.15) is 5.01 Å². The lowest BCUT2D eigenvalue weighted by Crippen LogP contribution is -2.29. The van der Waals surface area contributed by atoms with Crippen LogP contribution >= 0.6 is 22.9 Å². The third-order valence-corrected chi connectivity index (χ3v) is 4.66. The van der Waals surface area contributed by atoms with Gasteiger partial charge in [-0.2, -0.15) is 0 Å². The van der Waals surface area contributed by atoms with E-state index in [4.69, 9.17) is 11.6 Å². The van der Waals surface area contributed by atoms with Gasteiger partial charge in [0.15, 0.2) is 0 Å².